The number of amides is 3. The fourth-order valence-corrected chi connectivity index (χ4v) is 4.04. The van der Waals surface area contributed by atoms with Crippen molar-refractivity contribution < 1.29 is 27.6 Å². The van der Waals surface area contributed by atoms with E-state index in [4.69, 9.17) is 0 Å². The number of fused-ring (bicyclic) bond motifs is 1. The highest BCUT2D eigenvalue weighted by Crippen LogP contribution is 2.31. The van der Waals surface area contributed by atoms with Gasteiger partial charge in [-0.25, -0.2) is 0 Å². The monoisotopic (exact) mass is 461 g/mol. The van der Waals surface area contributed by atoms with Gasteiger partial charge in [-0.1, -0.05) is 24.3 Å². The molecule has 3 amide bonds. The quantitative estimate of drug-likeness (QED) is 0.479. The summed E-state index contributed by atoms with van der Waals surface area (Å²) in [6, 6.07) is 11.7. The van der Waals surface area contributed by atoms with Crippen LogP contribution in [0.15, 0.2) is 48.5 Å². The molecule has 2 fully saturated rings. The van der Waals surface area contributed by atoms with Gasteiger partial charge >= 0.3 is 6.18 Å². The lowest BCUT2D eigenvalue weighted by atomic mass is 9.81. The summed E-state index contributed by atoms with van der Waals surface area (Å²) >= 11 is 0. The smallest absolute Gasteiger partial charge is 0.353 e. The van der Waals surface area contributed by atoms with Gasteiger partial charge in [0.15, 0.2) is 6.29 Å². The largest absolute Gasteiger partial charge is 0.416 e. The molecule has 33 heavy (non-hydrogen) atoms. The fourth-order valence-electron chi connectivity index (χ4n) is 4.04. The number of hydrogen-bond acceptors (Lipinski definition) is 5. The number of hydrogen-bond donors (Lipinski definition) is 5. The summed E-state index contributed by atoms with van der Waals surface area (Å²) in [6.07, 6.45) is -6.52. The number of piperidine rings is 1. The SMILES string of the molecule is Cc1ccccc1NC(=O)C1CC(=O)NC2NC(Nc3cccc(C(F)(F)F)c3)NC(=O)C21. The van der Waals surface area contributed by atoms with Crippen LogP contribution in [0, 0.1) is 18.8 Å². The average molecular weight is 461 g/mol. The zero-order valence-electron chi connectivity index (χ0n) is 17.5. The maximum Gasteiger partial charge on any atom is 0.416 e. The number of carbonyl (C=O) groups is 3. The maximum absolute atomic E-state index is 13.0. The van der Waals surface area contributed by atoms with Gasteiger partial charge in [0, 0.05) is 17.8 Å². The minimum absolute atomic E-state index is 0.122. The molecular formula is C22H22F3N5O3. The summed E-state index contributed by atoms with van der Waals surface area (Å²) in [5.41, 5.74) is 0.695. The van der Waals surface area contributed by atoms with Crippen LogP contribution >= 0.6 is 0 Å². The van der Waals surface area contributed by atoms with Crippen molar-refractivity contribution in [3.63, 3.8) is 0 Å². The highest BCUT2D eigenvalue weighted by atomic mass is 19.4. The van der Waals surface area contributed by atoms with Gasteiger partial charge in [0.25, 0.3) is 0 Å². The first-order chi connectivity index (χ1) is 15.6. The minimum atomic E-state index is -4.51. The minimum Gasteiger partial charge on any atom is -0.353 e. The summed E-state index contributed by atoms with van der Waals surface area (Å²) in [6.45, 7) is 1.82. The predicted octanol–water partition coefficient (Wildman–Crippen LogP) is 2.15. The molecule has 0 bridgehead atoms. The lowest BCUT2D eigenvalue weighted by molar-refractivity contribution is -0.144. The third-order valence-electron chi connectivity index (χ3n) is 5.69. The maximum atomic E-state index is 13.0. The van der Waals surface area contributed by atoms with E-state index in [2.05, 4.69) is 26.6 Å². The van der Waals surface area contributed by atoms with E-state index in [1.165, 1.54) is 12.1 Å². The number of aryl methyl sites for hydroxylation is 1. The number of para-hydroxylation sites is 1. The number of benzene rings is 2. The van der Waals surface area contributed by atoms with Crippen LogP contribution in [-0.4, -0.2) is 30.2 Å². The van der Waals surface area contributed by atoms with E-state index in [-0.39, 0.29) is 12.1 Å². The van der Waals surface area contributed by atoms with Gasteiger partial charge in [0.2, 0.25) is 17.7 Å². The molecule has 0 spiro atoms. The van der Waals surface area contributed by atoms with E-state index in [0.29, 0.717) is 5.69 Å². The van der Waals surface area contributed by atoms with Gasteiger partial charge in [-0.2, -0.15) is 13.2 Å². The molecule has 2 aliphatic heterocycles. The highest BCUT2D eigenvalue weighted by molar-refractivity contribution is 6.00. The van der Waals surface area contributed by atoms with E-state index in [1.807, 2.05) is 19.1 Å². The van der Waals surface area contributed by atoms with Gasteiger partial charge in [0.1, 0.15) is 0 Å². The Morgan fingerprint density at radius 1 is 1.06 bits per heavy atom. The molecule has 11 heteroatoms. The van der Waals surface area contributed by atoms with Crippen LogP contribution in [0.2, 0.25) is 0 Å². The molecule has 174 valence electrons. The van der Waals surface area contributed by atoms with E-state index in [1.54, 1.807) is 12.1 Å². The second-order valence-corrected chi connectivity index (χ2v) is 8.02. The Hall–Kier alpha value is -3.60. The lowest BCUT2D eigenvalue weighted by Gasteiger charge is -2.43. The summed E-state index contributed by atoms with van der Waals surface area (Å²) in [4.78, 5) is 38.1. The molecular weight excluding hydrogens is 439 g/mol. The topological polar surface area (TPSA) is 111 Å². The number of anilines is 2. The molecule has 4 atom stereocenters. The molecule has 0 aromatic heterocycles. The zero-order chi connectivity index (χ0) is 23.8. The Morgan fingerprint density at radius 3 is 2.55 bits per heavy atom. The van der Waals surface area contributed by atoms with Crippen molar-refractivity contribution in [2.45, 2.75) is 32.0 Å². The Labute approximate surface area is 187 Å². The Balaban J connectivity index is 1.49. The van der Waals surface area contributed by atoms with E-state index in [9.17, 15) is 27.6 Å². The molecule has 0 aliphatic carbocycles. The molecule has 2 saturated heterocycles. The molecule has 2 aromatic rings. The van der Waals surface area contributed by atoms with Crippen molar-refractivity contribution in [3.05, 3.63) is 59.7 Å². The highest BCUT2D eigenvalue weighted by Gasteiger charge is 2.48. The van der Waals surface area contributed by atoms with Gasteiger partial charge in [-0.05, 0) is 36.8 Å². The van der Waals surface area contributed by atoms with E-state index < -0.39 is 53.8 Å². The third-order valence-corrected chi connectivity index (χ3v) is 5.69. The van der Waals surface area contributed by atoms with Crippen LogP contribution in [0.3, 0.4) is 0 Å². The molecule has 4 rings (SSSR count). The average Bonchev–Trinajstić information content (AvgIpc) is 2.74. The standard InChI is InChI=1S/C22H22F3N5O3/c1-11-5-2-3-8-15(11)27-19(32)14-10-16(31)28-18-17(14)20(33)30-21(29-18)26-13-7-4-6-12(9-13)22(23,24)25/h2-9,14,17-18,21,26,29H,10H2,1H3,(H,27,32)(H,28,31)(H,30,33). The number of rotatable bonds is 4. The first-order valence-electron chi connectivity index (χ1n) is 10.3. The predicted molar refractivity (Wildman–Crippen MR) is 113 cm³/mol. The van der Waals surface area contributed by atoms with Crippen molar-refractivity contribution in [3.8, 4) is 0 Å². The first-order valence-corrected chi connectivity index (χ1v) is 10.3. The molecule has 8 nitrogen and oxygen atoms in total. The molecule has 2 heterocycles. The van der Waals surface area contributed by atoms with Crippen LogP contribution < -0.4 is 26.6 Å². The molecule has 0 saturated carbocycles. The van der Waals surface area contributed by atoms with Gasteiger partial charge in [-0.3, -0.25) is 19.7 Å². The van der Waals surface area contributed by atoms with Crippen molar-refractivity contribution in [1.29, 1.82) is 0 Å². The number of carbonyl (C=O) groups excluding carboxylic acids is 3. The molecule has 5 N–H and O–H groups in total. The van der Waals surface area contributed by atoms with Crippen molar-refractivity contribution >= 4 is 29.1 Å². The number of alkyl halides is 3. The second-order valence-electron chi connectivity index (χ2n) is 8.02. The van der Waals surface area contributed by atoms with Crippen molar-refractivity contribution in [2.24, 2.45) is 11.8 Å². The van der Waals surface area contributed by atoms with Crippen LogP contribution in [0.1, 0.15) is 17.5 Å². The van der Waals surface area contributed by atoms with Gasteiger partial charge in [-0.15, -0.1) is 0 Å². The van der Waals surface area contributed by atoms with Gasteiger partial charge < -0.3 is 21.3 Å². The summed E-state index contributed by atoms with van der Waals surface area (Å²) < 4.78 is 38.9. The fraction of sp³-hybridized carbons (Fsp3) is 0.318. The molecule has 2 aliphatic rings. The second kappa shape index (κ2) is 8.74. The summed E-state index contributed by atoms with van der Waals surface area (Å²) in [5, 5.41) is 13.8. The van der Waals surface area contributed by atoms with Crippen LogP contribution in [0.4, 0.5) is 24.5 Å². The Bertz CT molecular complexity index is 1090. The molecule has 4 unspecified atom stereocenters. The van der Waals surface area contributed by atoms with Crippen LogP contribution in [0.5, 0.6) is 0 Å². The van der Waals surface area contributed by atoms with E-state index >= 15 is 0 Å². The number of nitrogens with one attached hydrogen (secondary N) is 5. The zero-order valence-corrected chi connectivity index (χ0v) is 17.5. The van der Waals surface area contributed by atoms with Crippen molar-refractivity contribution in [2.75, 3.05) is 10.6 Å². The Kier molecular flexibility index (Phi) is 5.98. The molecule has 2 aromatic carbocycles. The molecule has 0 radical (unpaired) electrons. The first kappa shape index (κ1) is 22.6. The van der Waals surface area contributed by atoms with Gasteiger partial charge in [0.05, 0.1) is 23.6 Å². The number of halogens is 3. The third kappa shape index (κ3) is 4.92. The van der Waals surface area contributed by atoms with E-state index in [0.717, 1.165) is 17.7 Å². The van der Waals surface area contributed by atoms with Crippen LogP contribution in [0.25, 0.3) is 0 Å². The normalized spacial score (nSPS) is 24.8. The summed E-state index contributed by atoms with van der Waals surface area (Å²) in [7, 11) is 0. The summed E-state index contributed by atoms with van der Waals surface area (Å²) in [5.74, 6) is -3.21. The van der Waals surface area contributed by atoms with Crippen molar-refractivity contribution in [1.82, 2.24) is 16.0 Å². The van der Waals surface area contributed by atoms with Crippen LogP contribution in [-0.2, 0) is 20.6 Å². The Morgan fingerprint density at radius 2 is 1.82 bits per heavy atom. The lowest BCUT2D eigenvalue weighted by Crippen LogP contribution is -2.72.